The molecule has 0 spiro atoms. The van der Waals surface area contributed by atoms with Crippen molar-refractivity contribution in [2.24, 2.45) is 0 Å². The van der Waals surface area contributed by atoms with E-state index in [1.54, 1.807) is 24.3 Å². The van der Waals surface area contributed by atoms with Crippen molar-refractivity contribution in [1.29, 1.82) is 0 Å². The lowest BCUT2D eigenvalue weighted by Gasteiger charge is -2.10. The molecule has 0 amide bonds. The average Bonchev–Trinajstić information content (AvgIpc) is 3.13. The largest absolute Gasteiger partial charge is 0.481 e. The number of hydrogen-bond acceptors (Lipinski definition) is 3. The fraction of sp³-hybridized carbons (Fsp3) is 0.250. The standard InChI is InChI=1S/C12H11N3O4/c16-9(17)12(5-6-12)7-1-3-8(4-2-7)15-10(18)13-14-11(15)19/h1-4H,5-6H2,(H,13,18)(H,14,19)(H,16,17). The molecular formula is C12H11N3O4. The van der Waals surface area contributed by atoms with Gasteiger partial charge in [-0.2, -0.15) is 0 Å². The quantitative estimate of drug-likeness (QED) is 0.721. The first-order valence-corrected chi connectivity index (χ1v) is 5.79. The van der Waals surface area contributed by atoms with Crippen LogP contribution < -0.4 is 11.4 Å². The van der Waals surface area contributed by atoms with Crippen LogP contribution in [0.4, 0.5) is 0 Å². The van der Waals surface area contributed by atoms with Gasteiger partial charge in [0.05, 0.1) is 11.1 Å². The van der Waals surface area contributed by atoms with Crippen LogP contribution in [0.1, 0.15) is 18.4 Å². The van der Waals surface area contributed by atoms with Gasteiger partial charge in [0.25, 0.3) is 0 Å². The minimum atomic E-state index is -0.836. The molecule has 0 bridgehead atoms. The van der Waals surface area contributed by atoms with Crippen LogP contribution in [0.3, 0.4) is 0 Å². The third-order valence-electron chi connectivity index (χ3n) is 3.52. The van der Waals surface area contributed by atoms with Gasteiger partial charge in [0, 0.05) is 0 Å². The number of nitrogens with one attached hydrogen (secondary N) is 2. The van der Waals surface area contributed by atoms with Gasteiger partial charge in [0.15, 0.2) is 0 Å². The Labute approximate surface area is 106 Å². The van der Waals surface area contributed by atoms with Gasteiger partial charge < -0.3 is 5.11 Å². The molecule has 1 aromatic carbocycles. The number of H-pyrrole nitrogens is 2. The van der Waals surface area contributed by atoms with Crippen molar-refractivity contribution in [3.05, 3.63) is 50.8 Å². The fourth-order valence-corrected chi connectivity index (χ4v) is 2.23. The van der Waals surface area contributed by atoms with Gasteiger partial charge in [-0.15, -0.1) is 0 Å². The number of aliphatic carboxylic acids is 1. The Bertz CT molecular complexity index is 719. The van der Waals surface area contributed by atoms with Crippen molar-refractivity contribution in [1.82, 2.24) is 14.8 Å². The smallest absolute Gasteiger partial charge is 0.348 e. The first-order valence-electron chi connectivity index (χ1n) is 5.79. The predicted molar refractivity (Wildman–Crippen MR) is 65.6 cm³/mol. The molecule has 0 unspecified atom stereocenters. The molecule has 0 radical (unpaired) electrons. The number of aromatic nitrogens is 3. The maximum atomic E-state index is 11.4. The Balaban J connectivity index is 2.03. The third kappa shape index (κ3) is 1.62. The van der Waals surface area contributed by atoms with Crippen molar-refractivity contribution in [2.45, 2.75) is 18.3 Å². The summed E-state index contributed by atoms with van der Waals surface area (Å²) in [5.74, 6) is -0.836. The number of carbonyl (C=O) groups is 1. The minimum Gasteiger partial charge on any atom is -0.481 e. The molecule has 98 valence electrons. The zero-order chi connectivity index (χ0) is 13.6. The number of carboxylic acids is 1. The molecule has 0 aliphatic heterocycles. The monoisotopic (exact) mass is 261 g/mol. The summed E-state index contributed by atoms with van der Waals surface area (Å²) in [4.78, 5) is 34.0. The summed E-state index contributed by atoms with van der Waals surface area (Å²) in [6.45, 7) is 0. The zero-order valence-corrected chi connectivity index (χ0v) is 9.84. The molecule has 7 nitrogen and oxygen atoms in total. The van der Waals surface area contributed by atoms with E-state index in [1.807, 2.05) is 0 Å². The molecule has 19 heavy (non-hydrogen) atoms. The number of carboxylic acid groups (broad SMARTS) is 1. The van der Waals surface area contributed by atoms with E-state index in [0.717, 1.165) is 4.57 Å². The second-order valence-electron chi connectivity index (χ2n) is 4.63. The maximum Gasteiger partial charge on any atom is 0.348 e. The van der Waals surface area contributed by atoms with E-state index in [1.165, 1.54) is 0 Å². The van der Waals surface area contributed by atoms with Crippen molar-refractivity contribution in [2.75, 3.05) is 0 Å². The van der Waals surface area contributed by atoms with Gasteiger partial charge in [-0.05, 0) is 30.5 Å². The topological polar surface area (TPSA) is 108 Å². The molecule has 1 aromatic heterocycles. The number of nitrogens with zero attached hydrogens (tertiary/aromatic N) is 1. The van der Waals surface area contributed by atoms with Crippen LogP contribution in [0, 0.1) is 0 Å². The highest BCUT2D eigenvalue weighted by Gasteiger charge is 2.51. The average molecular weight is 261 g/mol. The lowest BCUT2D eigenvalue weighted by molar-refractivity contribution is -0.140. The Morgan fingerprint density at radius 1 is 1.11 bits per heavy atom. The summed E-state index contributed by atoms with van der Waals surface area (Å²) in [6, 6.07) is 6.44. The number of aromatic amines is 2. The lowest BCUT2D eigenvalue weighted by atomic mass is 9.96. The first-order chi connectivity index (χ1) is 9.04. The lowest BCUT2D eigenvalue weighted by Crippen LogP contribution is -2.25. The van der Waals surface area contributed by atoms with Gasteiger partial charge in [0.2, 0.25) is 0 Å². The zero-order valence-electron chi connectivity index (χ0n) is 9.84. The molecular weight excluding hydrogens is 250 g/mol. The number of hydrogen-bond donors (Lipinski definition) is 3. The minimum absolute atomic E-state index is 0.400. The van der Waals surface area contributed by atoms with Crippen molar-refractivity contribution in [3.63, 3.8) is 0 Å². The molecule has 1 aliphatic rings. The van der Waals surface area contributed by atoms with E-state index >= 15 is 0 Å². The third-order valence-corrected chi connectivity index (χ3v) is 3.52. The first kappa shape index (κ1) is 11.5. The second-order valence-corrected chi connectivity index (χ2v) is 4.63. The van der Waals surface area contributed by atoms with Crippen molar-refractivity contribution < 1.29 is 9.90 Å². The number of benzene rings is 1. The van der Waals surface area contributed by atoms with Crippen LogP contribution in [-0.4, -0.2) is 25.8 Å². The highest BCUT2D eigenvalue weighted by molar-refractivity contribution is 5.84. The van der Waals surface area contributed by atoms with Crippen LogP contribution in [0.25, 0.3) is 5.69 Å². The van der Waals surface area contributed by atoms with Crippen LogP contribution in [-0.2, 0) is 10.2 Å². The van der Waals surface area contributed by atoms with Crippen LogP contribution in [0.2, 0.25) is 0 Å². The molecule has 7 heteroatoms. The highest BCUT2D eigenvalue weighted by atomic mass is 16.4. The van der Waals surface area contributed by atoms with E-state index in [4.69, 9.17) is 0 Å². The van der Waals surface area contributed by atoms with Gasteiger partial charge in [-0.25, -0.2) is 24.4 Å². The van der Waals surface area contributed by atoms with Crippen LogP contribution >= 0.6 is 0 Å². The van der Waals surface area contributed by atoms with Gasteiger partial charge in [0.1, 0.15) is 0 Å². The van der Waals surface area contributed by atoms with Gasteiger partial charge in [-0.3, -0.25) is 4.79 Å². The fourth-order valence-electron chi connectivity index (χ4n) is 2.23. The molecule has 1 fully saturated rings. The molecule has 2 aromatic rings. The van der Waals surface area contributed by atoms with E-state index < -0.39 is 22.8 Å². The highest BCUT2D eigenvalue weighted by Crippen LogP contribution is 2.48. The SMILES string of the molecule is O=C(O)C1(c2ccc(-n3c(=O)[nH][nH]c3=O)cc2)CC1. The van der Waals surface area contributed by atoms with Crippen LogP contribution in [0.15, 0.2) is 33.9 Å². The molecule has 1 heterocycles. The van der Waals surface area contributed by atoms with Crippen molar-refractivity contribution >= 4 is 5.97 Å². The van der Waals surface area contributed by atoms with E-state index in [2.05, 4.69) is 10.2 Å². The summed E-state index contributed by atoms with van der Waals surface area (Å²) < 4.78 is 0.949. The molecule has 1 aliphatic carbocycles. The van der Waals surface area contributed by atoms with E-state index in [0.29, 0.717) is 24.1 Å². The number of rotatable bonds is 3. The summed E-state index contributed by atoms with van der Waals surface area (Å²) in [5, 5.41) is 13.6. The van der Waals surface area contributed by atoms with E-state index in [9.17, 15) is 19.5 Å². The van der Waals surface area contributed by atoms with Crippen molar-refractivity contribution in [3.8, 4) is 5.69 Å². The van der Waals surface area contributed by atoms with Gasteiger partial charge in [-0.1, -0.05) is 12.1 Å². The van der Waals surface area contributed by atoms with Crippen LogP contribution in [0.5, 0.6) is 0 Å². The Kier molecular flexibility index (Phi) is 2.25. The Morgan fingerprint density at radius 3 is 2.05 bits per heavy atom. The van der Waals surface area contributed by atoms with Gasteiger partial charge >= 0.3 is 17.3 Å². The van der Waals surface area contributed by atoms with E-state index in [-0.39, 0.29) is 0 Å². The normalized spacial score (nSPS) is 16.2. The summed E-state index contributed by atoms with van der Waals surface area (Å²) in [5.41, 5.74) is -0.802. The summed E-state index contributed by atoms with van der Waals surface area (Å²) in [7, 11) is 0. The second kappa shape index (κ2) is 3.71. The summed E-state index contributed by atoms with van der Waals surface area (Å²) in [6.07, 6.45) is 1.23. The molecule has 0 atom stereocenters. The molecule has 0 saturated heterocycles. The Hall–Kier alpha value is -2.57. The summed E-state index contributed by atoms with van der Waals surface area (Å²) >= 11 is 0. The Morgan fingerprint density at radius 2 is 1.63 bits per heavy atom. The predicted octanol–water partition coefficient (Wildman–Crippen LogP) is -0.0299. The maximum absolute atomic E-state index is 11.4. The molecule has 3 rings (SSSR count). The molecule has 1 saturated carbocycles. The molecule has 3 N–H and O–H groups in total.